The van der Waals surface area contributed by atoms with E-state index >= 15 is 0 Å². The van der Waals surface area contributed by atoms with E-state index in [1.807, 2.05) is 30.3 Å². The maximum Gasteiger partial charge on any atom is 0.573 e. The first-order valence-electron chi connectivity index (χ1n) is 9.96. The minimum absolute atomic E-state index is 0.307. The number of aromatic nitrogens is 2. The fraction of sp³-hybridized carbons (Fsp3) is 0.0417. The van der Waals surface area contributed by atoms with Gasteiger partial charge in [0.1, 0.15) is 5.75 Å². The molecule has 0 atom stereocenters. The molecule has 3 aromatic carbocycles. The zero-order valence-corrected chi connectivity index (χ0v) is 18.2. The van der Waals surface area contributed by atoms with Crippen molar-refractivity contribution < 1.29 is 17.9 Å². The van der Waals surface area contributed by atoms with Crippen molar-refractivity contribution in [2.45, 2.75) is 6.36 Å². The Kier molecular flexibility index (Phi) is 6.93. The molecular weight excluding hydrogens is 467 g/mol. The Labute approximate surface area is 198 Å². The third-order valence-electron chi connectivity index (χ3n) is 4.40. The van der Waals surface area contributed by atoms with E-state index in [4.69, 9.17) is 11.6 Å². The molecule has 34 heavy (non-hydrogen) atoms. The molecule has 0 saturated heterocycles. The summed E-state index contributed by atoms with van der Waals surface area (Å²) in [6.07, 6.45) is -3.29. The van der Waals surface area contributed by atoms with E-state index in [0.717, 1.165) is 11.3 Å². The molecule has 0 bridgehead atoms. The van der Waals surface area contributed by atoms with Crippen LogP contribution in [0.15, 0.2) is 90.0 Å². The van der Waals surface area contributed by atoms with Gasteiger partial charge < -0.3 is 10.1 Å². The smallest absolute Gasteiger partial charge is 0.406 e. The predicted octanol–water partition coefficient (Wildman–Crippen LogP) is 6.89. The minimum atomic E-state index is -4.74. The summed E-state index contributed by atoms with van der Waals surface area (Å²) in [5.74, 6) is 0.451. The summed E-state index contributed by atoms with van der Waals surface area (Å²) >= 11 is 5.95. The van der Waals surface area contributed by atoms with Crippen LogP contribution in [0.1, 0.15) is 5.56 Å². The third-order valence-corrected chi connectivity index (χ3v) is 4.65. The Bertz CT molecular complexity index is 1260. The Hall–Kier alpha value is -4.11. The van der Waals surface area contributed by atoms with Gasteiger partial charge in [0, 0.05) is 22.3 Å². The largest absolute Gasteiger partial charge is 0.573 e. The summed E-state index contributed by atoms with van der Waals surface area (Å²) in [7, 11) is 0. The molecular formula is C24H17ClF3N5O. The monoisotopic (exact) mass is 483 g/mol. The molecule has 1 aromatic heterocycles. The van der Waals surface area contributed by atoms with Gasteiger partial charge in [-0.05, 0) is 54.1 Å². The van der Waals surface area contributed by atoms with Gasteiger partial charge in [-0.1, -0.05) is 41.9 Å². The van der Waals surface area contributed by atoms with Crippen molar-refractivity contribution in [1.29, 1.82) is 0 Å². The highest BCUT2D eigenvalue weighted by atomic mass is 35.5. The molecule has 6 nitrogen and oxygen atoms in total. The molecule has 0 fully saturated rings. The Balaban J connectivity index is 1.53. The molecule has 0 amide bonds. The van der Waals surface area contributed by atoms with Gasteiger partial charge in [-0.25, -0.2) is 4.98 Å². The number of alkyl halides is 3. The highest BCUT2D eigenvalue weighted by molar-refractivity contribution is 6.30. The summed E-state index contributed by atoms with van der Waals surface area (Å²) in [6, 6.07) is 23.7. The van der Waals surface area contributed by atoms with E-state index in [9.17, 15) is 13.2 Å². The maximum atomic E-state index is 12.3. The van der Waals surface area contributed by atoms with Crippen LogP contribution in [0.2, 0.25) is 5.02 Å². The van der Waals surface area contributed by atoms with Crippen molar-refractivity contribution >= 4 is 35.3 Å². The zero-order chi connectivity index (χ0) is 24.0. The van der Waals surface area contributed by atoms with E-state index < -0.39 is 6.36 Å². The minimum Gasteiger partial charge on any atom is -0.406 e. The Morgan fingerprint density at radius 3 is 2.26 bits per heavy atom. The molecule has 0 saturated carbocycles. The average Bonchev–Trinajstić information content (AvgIpc) is 2.81. The highest BCUT2D eigenvalue weighted by Crippen LogP contribution is 2.24. The number of rotatable bonds is 7. The van der Waals surface area contributed by atoms with Crippen LogP contribution >= 0.6 is 11.6 Å². The first kappa shape index (κ1) is 23.1. The van der Waals surface area contributed by atoms with Gasteiger partial charge >= 0.3 is 6.36 Å². The number of hydrazone groups is 1. The average molecular weight is 484 g/mol. The number of hydrogen-bond donors (Lipinski definition) is 2. The van der Waals surface area contributed by atoms with Gasteiger partial charge in [0.25, 0.3) is 0 Å². The standard InChI is InChI=1S/C24H17ClF3N5O/c25-18-8-10-19(11-9-18)30-23-31-21(17-4-2-1-3-5-17)14-22(32-23)33-29-15-16-6-12-20(13-7-16)34-24(26,27)28/h1-15H,(H2,30,31,32,33). The van der Waals surface area contributed by atoms with Crippen molar-refractivity contribution in [3.63, 3.8) is 0 Å². The second-order valence-corrected chi connectivity index (χ2v) is 7.38. The van der Waals surface area contributed by atoms with Crippen molar-refractivity contribution in [1.82, 2.24) is 9.97 Å². The summed E-state index contributed by atoms with van der Waals surface area (Å²) in [5, 5.41) is 7.88. The van der Waals surface area contributed by atoms with Crippen LogP contribution in [0.3, 0.4) is 0 Å². The molecule has 4 rings (SSSR count). The zero-order valence-electron chi connectivity index (χ0n) is 17.4. The van der Waals surface area contributed by atoms with E-state index in [1.54, 1.807) is 30.3 Å². The van der Waals surface area contributed by atoms with Crippen molar-refractivity contribution in [2.75, 3.05) is 10.7 Å². The molecule has 0 aliphatic carbocycles. The third kappa shape index (κ3) is 6.69. The lowest BCUT2D eigenvalue weighted by Gasteiger charge is -2.10. The van der Waals surface area contributed by atoms with Gasteiger partial charge in [0.15, 0.2) is 5.82 Å². The summed E-state index contributed by atoms with van der Waals surface area (Å²) in [4.78, 5) is 9.01. The molecule has 0 aliphatic rings. The SMILES string of the molecule is FC(F)(F)Oc1ccc(C=NNc2cc(-c3ccccc3)nc(Nc3ccc(Cl)cc3)n2)cc1. The molecule has 4 aromatic rings. The Morgan fingerprint density at radius 1 is 0.882 bits per heavy atom. The van der Waals surface area contributed by atoms with Gasteiger partial charge in [0.2, 0.25) is 5.95 Å². The summed E-state index contributed by atoms with van der Waals surface area (Å²) < 4.78 is 40.7. The molecule has 172 valence electrons. The second kappa shape index (κ2) is 10.2. The Morgan fingerprint density at radius 2 is 1.59 bits per heavy atom. The first-order valence-corrected chi connectivity index (χ1v) is 10.3. The second-order valence-electron chi connectivity index (χ2n) is 6.95. The van der Waals surface area contributed by atoms with E-state index in [1.165, 1.54) is 30.5 Å². The lowest BCUT2D eigenvalue weighted by Crippen LogP contribution is -2.17. The fourth-order valence-corrected chi connectivity index (χ4v) is 3.03. The van der Waals surface area contributed by atoms with Crippen LogP contribution in [-0.4, -0.2) is 22.5 Å². The maximum absolute atomic E-state index is 12.3. The van der Waals surface area contributed by atoms with E-state index in [2.05, 4.69) is 30.5 Å². The molecule has 0 radical (unpaired) electrons. The summed E-state index contributed by atoms with van der Waals surface area (Å²) in [6.45, 7) is 0. The van der Waals surface area contributed by atoms with Crippen LogP contribution in [-0.2, 0) is 0 Å². The molecule has 0 spiro atoms. The van der Waals surface area contributed by atoms with Crippen LogP contribution in [0.25, 0.3) is 11.3 Å². The number of ether oxygens (including phenoxy) is 1. The molecule has 0 aliphatic heterocycles. The molecule has 1 heterocycles. The van der Waals surface area contributed by atoms with Gasteiger partial charge in [-0.15, -0.1) is 13.2 Å². The van der Waals surface area contributed by atoms with Crippen molar-refractivity contribution in [3.05, 3.63) is 95.5 Å². The number of nitrogens with zero attached hydrogens (tertiary/aromatic N) is 3. The quantitative estimate of drug-likeness (QED) is 0.221. The number of nitrogens with one attached hydrogen (secondary N) is 2. The van der Waals surface area contributed by atoms with Gasteiger partial charge in [0.05, 0.1) is 11.9 Å². The lowest BCUT2D eigenvalue weighted by atomic mass is 10.1. The van der Waals surface area contributed by atoms with E-state index in [-0.39, 0.29) is 5.75 Å². The van der Waals surface area contributed by atoms with E-state index in [0.29, 0.717) is 28.0 Å². The fourth-order valence-electron chi connectivity index (χ4n) is 2.91. The predicted molar refractivity (Wildman–Crippen MR) is 127 cm³/mol. The van der Waals surface area contributed by atoms with Crippen LogP contribution in [0.4, 0.5) is 30.6 Å². The molecule has 2 N–H and O–H groups in total. The highest BCUT2D eigenvalue weighted by Gasteiger charge is 2.30. The van der Waals surface area contributed by atoms with Crippen LogP contribution < -0.4 is 15.5 Å². The van der Waals surface area contributed by atoms with Gasteiger partial charge in [-0.3, -0.25) is 5.43 Å². The molecule has 10 heteroatoms. The normalized spacial score (nSPS) is 11.4. The van der Waals surface area contributed by atoms with Crippen LogP contribution in [0.5, 0.6) is 5.75 Å². The topological polar surface area (TPSA) is 71.4 Å². The summed E-state index contributed by atoms with van der Waals surface area (Å²) in [5.41, 5.74) is 5.71. The lowest BCUT2D eigenvalue weighted by molar-refractivity contribution is -0.274. The van der Waals surface area contributed by atoms with Crippen molar-refractivity contribution in [3.8, 4) is 17.0 Å². The number of anilines is 3. The van der Waals surface area contributed by atoms with Gasteiger partial charge in [-0.2, -0.15) is 10.1 Å². The van der Waals surface area contributed by atoms with Crippen molar-refractivity contribution in [2.24, 2.45) is 5.10 Å². The number of hydrogen-bond acceptors (Lipinski definition) is 6. The van der Waals surface area contributed by atoms with Crippen LogP contribution in [0, 0.1) is 0 Å². The first-order chi connectivity index (χ1) is 16.3. The number of halogens is 4. The number of benzene rings is 3. The molecule has 0 unspecified atom stereocenters.